The van der Waals surface area contributed by atoms with Crippen LogP contribution in [0.4, 0.5) is 5.69 Å². The van der Waals surface area contributed by atoms with Crippen molar-refractivity contribution in [3.05, 3.63) is 29.3 Å². The number of methoxy groups -OCH3 is 1. The molecular weight excluding hydrogens is 236 g/mol. The number of para-hydroxylation sites is 1. The number of rotatable bonds is 4. The standard InChI is InChI=1S/C12H14N2O4/c1-18-12(17)8-4-2-3-7(10(8)14)11(16)9(15)5-6-13/h2-4,9,11,15-16H,5,14H2,1H3. The number of aliphatic hydroxyl groups is 2. The zero-order chi connectivity index (χ0) is 13.7. The van der Waals surface area contributed by atoms with Crippen molar-refractivity contribution in [2.45, 2.75) is 18.6 Å². The minimum absolute atomic E-state index is 0.0360. The van der Waals surface area contributed by atoms with E-state index in [0.717, 1.165) is 0 Å². The third-order valence-electron chi connectivity index (χ3n) is 2.53. The van der Waals surface area contributed by atoms with Gasteiger partial charge in [-0.05, 0) is 6.07 Å². The third kappa shape index (κ3) is 2.77. The number of carbonyl (C=O) groups is 1. The summed E-state index contributed by atoms with van der Waals surface area (Å²) in [5, 5.41) is 27.8. The molecule has 2 atom stereocenters. The number of hydrogen-bond donors (Lipinski definition) is 3. The number of hydrogen-bond acceptors (Lipinski definition) is 6. The Labute approximate surface area is 104 Å². The maximum Gasteiger partial charge on any atom is 0.339 e. The molecule has 4 N–H and O–H groups in total. The van der Waals surface area contributed by atoms with Crippen molar-refractivity contribution in [1.82, 2.24) is 0 Å². The van der Waals surface area contributed by atoms with Gasteiger partial charge < -0.3 is 20.7 Å². The molecule has 0 bridgehead atoms. The van der Waals surface area contributed by atoms with Crippen LogP contribution in [0.2, 0.25) is 0 Å². The van der Waals surface area contributed by atoms with E-state index in [2.05, 4.69) is 4.74 Å². The predicted octanol–water partition coefficient (Wildman–Crippen LogP) is 0.363. The fourth-order valence-corrected chi connectivity index (χ4v) is 1.54. The highest BCUT2D eigenvalue weighted by molar-refractivity contribution is 5.95. The first kappa shape index (κ1) is 14.0. The highest BCUT2D eigenvalue weighted by Crippen LogP contribution is 2.27. The van der Waals surface area contributed by atoms with E-state index >= 15 is 0 Å². The Balaban J connectivity index is 3.11. The lowest BCUT2D eigenvalue weighted by Gasteiger charge is -2.18. The molecule has 0 radical (unpaired) electrons. The molecule has 2 unspecified atom stereocenters. The zero-order valence-corrected chi connectivity index (χ0v) is 9.83. The Kier molecular flexibility index (Phi) is 4.66. The topological polar surface area (TPSA) is 117 Å². The minimum atomic E-state index is -1.32. The Morgan fingerprint density at radius 2 is 2.22 bits per heavy atom. The Bertz CT molecular complexity index is 481. The Morgan fingerprint density at radius 3 is 2.78 bits per heavy atom. The number of nitriles is 1. The van der Waals surface area contributed by atoms with E-state index in [1.165, 1.54) is 25.3 Å². The minimum Gasteiger partial charge on any atom is -0.465 e. The van der Waals surface area contributed by atoms with Gasteiger partial charge in [-0.15, -0.1) is 0 Å². The number of aliphatic hydroxyl groups excluding tert-OH is 2. The van der Waals surface area contributed by atoms with Gasteiger partial charge in [-0.1, -0.05) is 12.1 Å². The summed E-state index contributed by atoms with van der Waals surface area (Å²) in [6, 6.07) is 6.19. The summed E-state index contributed by atoms with van der Waals surface area (Å²) in [5.41, 5.74) is 6.08. The summed E-state index contributed by atoms with van der Waals surface area (Å²) in [4.78, 5) is 11.4. The number of nitrogen functional groups attached to an aromatic ring is 1. The van der Waals surface area contributed by atoms with E-state index < -0.39 is 18.2 Å². The molecule has 0 saturated heterocycles. The lowest BCUT2D eigenvalue weighted by atomic mass is 9.98. The fourth-order valence-electron chi connectivity index (χ4n) is 1.54. The lowest BCUT2D eigenvalue weighted by Crippen LogP contribution is -2.20. The summed E-state index contributed by atoms with van der Waals surface area (Å²) in [6.45, 7) is 0. The van der Waals surface area contributed by atoms with E-state index in [1.807, 2.05) is 0 Å². The van der Waals surface area contributed by atoms with Crippen molar-refractivity contribution < 1.29 is 19.7 Å². The molecule has 0 saturated carbocycles. The van der Waals surface area contributed by atoms with Gasteiger partial charge in [-0.2, -0.15) is 5.26 Å². The molecule has 0 aliphatic carbocycles. The third-order valence-corrected chi connectivity index (χ3v) is 2.53. The van der Waals surface area contributed by atoms with Gasteiger partial charge in [0.15, 0.2) is 0 Å². The number of anilines is 1. The first-order chi connectivity index (χ1) is 8.52. The van der Waals surface area contributed by atoms with Crippen molar-refractivity contribution in [1.29, 1.82) is 5.26 Å². The largest absolute Gasteiger partial charge is 0.465 e. The van der Waals surface area contributed by atoms with Gasteiger partial charge in [0.05, 0.1) is 37.0 Å². The van der Waals surface area contributed by atoms with E-state index in [4.69, 9.17) is 11.0 Å². The van der Waals surface area contributed by atoms with E-state index in [9.17, 15) is 15.0 Å². The monoisotopic (exact) mass is 250 g/mol. The second-order valence-electron chi connectivity index (χ2n) is 3.67. The molecule has 0 aromatic heterocycles. The van der Waals surface area contributed by atoms with Crippen LogP contribution in [0.15, 0.2) is 18.2 Å². The quantitative estimate of drug-likeness (QED) is 0.525. The van der Waals surface area contributed by atoms with E-state index in [-0.39, 0.29) is 23.2 Å². The molecule has 0 aliphatic rings. The maximum absolute atomic E-state index is 11.4. The number of carbonyl (C=O) groups excluding carboxylic acids is 1. The average molecular weight is 250 g/mol. The van der Waals surface area contributed by atoms with Gasteiger partial charge in [-0.3, -0.25) is 0 Å². The van der Waals surface area contributed by atoms with Crippen LogP contribution in [0.3, 0.4) is 0 Å². The summed E-state index contributed by atoms with van der Waals surface area (Å²) in [5.74, 6) is -0.628. The van der Waals surface area contributed by atoms with Crippen LogP contribution < -0.4 is 5.73 Å². The number of nitrogens with two attached hydrogens (primary N) is 1. The van der Waals surface area contributed by atoms with Crippen molar-refractivity contribution >= 4 is 11.7 Å². The maximum atomic E-state index is 11.4. The molecule has 0 amide bonds. The van der Waals surface area contributed by atoms with Crippen LogP contribution in [0, 0.1) is 11.3 Å². The number of ether oxygens (including phenoxy) is 1. The molecule has 1 aromatic carbocycles. The van der Waals surface area contributed by atoms with Crippen molar-refractivity contribution in [3.63, 3.8) is 0 Å². The van der Waals surface area contributed by atoms with E-state index in [0.29, 0.717) is 0 Å². The molecule has 1 aromatic rings. The van der Waals surface area contributed by atoms with Crippen LogP contribution in [0.25, 0.3) is 0 Å². The molecule has 6 heteroatoms. The molecule has 1 rings (SSSR count). The van der Waals surface area contributed by atoms with Crippen molar-refractivity contribution in [2.24, 2.45) is 0 Å². The average Bonchev–Trinajstić information content (AvgIpc) is 2.37. The second kappa shape index (κ2) is 6.00. The van der Waals surface area contributed by atoms with Gasteiger partial charge >= 0.3 is 5.97 Å². The number of esters is 1. The van der Waals surface area contributed by atoms with Crippen LogP contribution in [-0.4, -0.2) is 29.4 Å². The summed E-state index contributed by atoms with van der Waals surface area (Å²) in [6.07, 6.45) is -2.82. The molecule has 0 heterocycles. The summed E-state index contributed by atoms with van der Waals surface area (Å²) < 4.78 is 4.54. The van der Waals surface area contributed by atoms with Crippen LogP contribution >= 0.6 is 0 Å². The fraction of sp³-hybridized carbons (Fsp3) is 0.333. The molecule has 0 fully saturated rings. The van der Waals surface area contributed by atoms with Gasteiger partial charge in [0.1, 0.15) is 6.10 Å². The highest BCUT2D eigenvalue weighted by Gasteiger charge is 2.23. The second-order valence-corrected chi connectivity index (χ2v) is 3.67. The van der Waals surface area contributed by atoms with Crippen LogP contribution in [0.5, 0.6) is 0 Å². The summed E-state index contributed by atoms with van der Waals surface area (Å²) in [7, 11) is 1.22. The van der Waals surface area contributed by atoms with Crippen molar-refractivity contribution in [2.75, 3.05) is 12.8 Å². The molecule has 96 valence electrons. The summed E-state index contributed by atoms with van der Waals surface area (Å²) >= 11 is 0. The predicted molar refractivity (Wildman–Crippen MR) is 63.4 cm³/mol. The Morgan fingerprint density at radius 1 is 1.56 bits per heavy atom. The molecule has 0 aliphatic heterocycles. The molecule has 18 heavy (non-hydrogen) atoms. The molecule has 0 spiro atoms. The number of nitrogens with zero attached hydrogens (tertiary/aromatic N) is 1. The molecule has 6 nitrogen and oxygen atoms in total. The van der Waals surface area contributed by atoms with Gasteiger partial charge in [0.2, 0.25) is 0 Å². The lowest BCUT2D eigenvalue weighted by molar-refractivity contribution is 0.0220. The van der Waals surface area contributed by atoms with Gasteiger partial charge in [-0.25, -0.2) is 4.79 Å². The van der Waals surface area contributed by atoms with Gasteiger partial charge in [0, 0.05) is 5.56 Å². The molecular formula is C12H14N2O4. The SMILES string of the molecule is COC(=O)c1cccc(C(O)C(O)CC#N)c1N. The van der Waals surface area contributed by atoms with Crippen LogP contribution in [-0.2, 0) is 4.74 Å². The smallest absolute Gasteiger partial charge is 0.339 e. The van der Waals surface area contributed by atoms with Gasteiger partial charge in [0.25, 0.3) is 0 Å². The number of benzene rings is 1. The van der Waals surface area contributed by atoms with E-state index in [1.54, 1.807) is 6.07 Å². The Hall–Kier alpha value is -2.10. The highest BCUT2D eigenvalue weighted by atomic mass is 16.5. The normalized spacial score (nSPS) is 13.4. The first-order valence-electron chi connectivity index (χ1n) is 5.22. The van der Waals surface area contributed by atoms with Crippen LogP contribution in [0.1, 0.15) is 28.4 Å². The zero-order valence-electron chi connectivity index (χ0n) is 9.83. The van der Waals surface area contributed by atoms with Crippen molar-refractivity contribution in [3.8, 4) is 6.07 Å². The first-order valence-corrected chi connectivity index (χ1v) is 5.22.